The molecule has 0 saturated carbocycles. The zero-order valence-electron chi connectivity index (χ0n) is 13.5. The van der Waals surface area contributed by atoms with E-state index in [1.807, 2.05) is 0 Å². The third-order valence-corrected chi connectivity index (χ3v) is 6.98. The first-order valence-electron chi connectivity index (χ1n) is 7.49. The van der Waals surface area contributed by atoms with Crippen molar-refractivity contribution < 1.29 is 21.6 Å². The lowest BCUT2D eigenvalue weighted by atomic mass is 10.4. The zero-order valence-corrected chi connectivity index (χ0v) is 15.1. The number of morpholine rings is 1. The van der Waals surface area contributed by atoms with Gasteiger partial charge in [0.15, 0.2) is 5.82 Å². The molecular weight excluding hydrogens is 368 g/mol. The SMILES string of the molecule is Cn1ccc(NS(=O)(=O)c2ccc(S(=O)(=O)N3CCOCC3)cc2)n1. The molecule has 2 aromatic rings. The number of aryl methyl sites for hydroxylation is 1. The van der Waals surface area contributed by atoms with Crippen molar-refractivity contribution in [3.63, 3.8) is 0 Å². The van der Waals surface area contributed by atoms with Gasteiger partial charge in [-0.25, -0.2) is 16.8 Å². The Kier molecular flexibility index (Phi) is 4.82. The van der Waals surface area contributed by atoms with Crippen molar-refractivity contribution >= 4 is 25.9 Å². The van der Waals surface area contributed by atoms with Gasteiger partial charge in [0.25, 0.3) is 10.0 Å². The Balaban J connectivity index is 1.81. The molecule has 0 amide bonds. The minimum Gasteiger partial charge on any atom is -0.379 e. The third-order valence-electron chi connectivity index (χ3n) is 3.69. The van der Waals surface area contributed by atoms with Gasteiger partial charge in [-0.2, -0.15) is 9.40 Å². The number of hydrogen-bond donors (Lipinski definition) is 1. The van der Waals surface area contributed by atoms with Gasteiger partial charge in [0.05, 0.1) is 23.0 Å². The lowest BCUT2D eigenvalue weighted by molar-refractivity contribution is 0.0730. The van der Waals surface area contributed by atoms with Crippen molar-refractivity contribution in [2.45, 2.75) is 9.79 Å². The van der Waals surface area contributed by atoms with Crippen LogP contribution in [0.5, 0.6) is 0 Å². The number of ether oxygens (including phenoxy) is 1. The fourth-order valence-corrected chi connectivity index (χ4v) is 4.80. The van der Waals surface area contributed by atoms with Crippen molar-refractivity contribution in [1.82, 2.24) is 14.1 Å². The lowest BCUT2D eigenvalue weighted by Crippen LogP contribution is -2.40. The van der Waals surface area contributed by atoms with E-state index in [-0.39, 0.29) is 28.7 Å². The first kappa shape index (κ1) is 17.9. The maximum atomic E-state index is 12.5. The second-order valence-electron chi connectivity index (χ2n) is 5.47. The van der Waals surface area contributed by atoms with Crippen LogP contribution in [0.3, 0.4) is 0 Å². The molecule has 1 saturated heterocycles. The number of nitrogens with one attached hydrogen (secondary N) is 1. The summed E-state index contributed by atoms with van der Waals surface area (Å²) < 4.78 is 60.0. The van der Waals surface area contributed by atoms with E-state index < -0.39 is 20.0 Å². The predicted molar refractivity (Wildman–Crippen MR) is 90.0 cm³/mol. The average molecular weight is 386 g/mol. The molecule has 0 unspecified atom stereocenters. The minimum absolute atomic E-state index is 0.0425. The molecule has 136 valence electrons. The van der Waals surface area contributed by atoms with Crippen LogP contribution >= 0.6 is 0 Å². The highest BCUT2D eigenvalue weighted by atomic mass is 32.2. The first-order chi connectivity index (χ1) is 11.8. The molecule has 3 rings (SSSR count). The molecule has 9 nitrogen and oxygen atoms in total. The summed E-state index contributed by atoms with van der Waals surface area (Å²) in [6.07, 6.45) is 1.61. The molecular formula is C14H18N4O5S2. The fourth-order valence-electron chi connectivity index (χ4n) is 2.39. The van der Waals surface area contributed by atoms with Crippen LogP contribution in [0.2, 0.25) is 0 Å². The Morgan fingerprint density at radius 3 is 2.16 bits per heavy atom. The van der Waals surface area contributed by atoms with Crippen molar-refractivity contribution in [1.29, 1.82) is 0 Å². The van der Waals surface area contributed by atoms with Gasteiger partial charge in [-0.05, 0) is 24.3 Å². The second-order valence-corrected chi connectivity index (χ2v) is 9.09. The van der Waals surface area contributed by atoms with Gasteiger partial charge in [0, 0.05) is 32.4 Å². The Labute approximate surface area is 146 Å². The molecule has 2 heterocycles. The molecule has 25 heavy (non-hydrogen) atoms. The van der Waals surface area contributed by atoms with Gasteiger partial charge >= 0.3 is 0 Å². The van der Waals surface area contributed by atoms with Gasteiger partial charge in [-0.15, -0.1) is 0 Å². The molecule has 0 spiro atoms. The molecule has 0 radical (unpaired) electrons. The summed E-state index contributed by atoms with van der Waals surface area (Å²) in [5, 5.41) is 3.95. The van der Waals surface area contributed by atoms with Crippen LogP contribution in [0.4, 0.5) is 5.82 Å². The van der Waals surface area contributed by atoms with Crippen LogP contribution in [-0.4, -0.2) is 57.2 Å². The van der Waals surface area contributed by atoms with E-state index >= 15 is 0 Å². The highest BCUT2D eigenvalue weighted by Crippen LogP contribution is 2.20. The van der Waals surface area contributed by atoms with Crippen molar-refractivity contribution in [3.05, 3.63) is 36.5 Å². The van der Waals surface area contributed by atoms with E-state index in [4.69, 9.17) is 4.74 Å². The Bertz CT molecular complexity index is 945. The number of sulfonamides is 2. The van der Waals surface area contributed by atoms with Crippen molar-refractivity contribution in [2.24, 2.45) is 7.05 Å². The highest BCUT2D eigenvalue weighted by Gasteiger charge is 2.26. The van der Waals surface area contributed by atoms with Crippen LogP contribution in [0.15, 0.2) is 46.3 Å². The molecule has 1 N–H and O–H groups in total. The molecule has 0 atom stereocenters. The normalized spacial score (nSPS) is 16.7. The number of benzene rings is 1. The summed E-state index contributed by atoms with van der Waals surface area (Å²) in [5.41, 5.74) is 0. The monoisotopic (exact) mass is 386 g/mol. The summed E-state index contributed by atoms with van der Waals surface area (Å²) in [6, 6.07) is 6.63. The van der Waals surface area contributed by atoms with Crippen molar-refractivity contribution in [2.75, 3.05) is 31.0 Å². The summed E-state index contributed by atoms with van der Waals surface area (Å²) >= 11 is 0. The summed E-state index contributed by atoms with van der Waals surface area (Å²) in [4.78, 5) is 0.00488. The van der Waals surface area contributed by atoms with Crippen LogP contribution in [0.25, 0.3) is 0 Å². The quantitative estimate of drug-likeness (QED) is 0.788. The third kappa shape index (κ3) is 3.84. The standard InChI is InChI=1S/C14H18N4O5S2/c1-17-7-6-14(15-17)16-24(19,20)12-2-4-13(5-3-12)25(21,22)18-8-10-23-11-9-18/h2-7H,8-11H2,1H3,(H,15,16). The molecule has 0 aliphatic carbocycles. The van der Waals surface area contributed by atoms with Gasteiger partial charge in [0.2, 0.25) is 10.0 Å². The topological polar surface area (TPSA) is 111 Å². The van der Waals surface area contributed by atoms with Gasteiger partial charge < -0.3 is 4.74 Å². The Morgan fingerprint density at radius 1 is 1.00 bits per heavy atom. The largest absolute Gasteiger partial charge is 0.379 e. The van der Waals surface area contributed by atoms with Crippen LogP contribution in [0.1, 0.15) is 0 Å². The maximum Gasteiger partial charge on any atom is 0.263 e. The van der Waals surface area contributed by atoms with E-state index in [1.54, 1.807) is 13.2 Å². The molecule has 1 aliphatic rings. The number of nitrogens with zero attached hydrogens (tertiary/aromatic N) is 3. The lowest BCUT2D eigenvalue weighted by Gasteiger charge is -2.26. The smallest absolute Gasteiger partial charge is 0.263 e. The predicted octanol–water partition coefficient (Wildman–Crippen LogP) is 0.242. The van der Waals surface area contributed by atoms with Crippen LogP contribution in [0, 0.1) is 0 Å². The molecule has 1 aromatic heterocycles. The summed E-state index contributed by atoms with van der Waals surface area (Å²) in [5.74, 6) is 0.188. The number of rotatable bonds is 5. The number of aromatic nitrogens is 2. The summed E-state index contributed by atoms with van der Waals surface area (Å²) in [6.45, 7) is 1.26. The summed E-state index contributed by atoms with van der Waals surface area (Å²) in [7, 11) is -5.83. The van der Waals surface area contributed by atoms with E-state index in [9.17, 15) is 16.8 Å². The van der Waals surface area contributed by atoms with Crippen molar-refractivity contribution in [3.8, 4) is 0 Å². The highest BCUT2D eigenvalue weighted by molar-refractivity contribution is 7.92. The molecule has 0 bridgehead atoms. The first-order valence-corrected chi connectivity index (χ1v) is 10.4. The average Bonchev–Trinajstić information content (AvgIpc) is 3.00. The van der Waals surface area contributed by atoms with Crippen LogP contribution in [-0.2, 0) is 31.8 Å². The molecule has 1 aromatic carbocycles. The fraction of sp³-hybridized carbons (Fsp3) is 0.357. The van der Waals surface area contributed by atoms with Gasteiger partial charge in [-0.1, -0.05) is 0 Å². The van der Waals surface area contributed by atoms with Gasteiger partial charge in [-0.3, -0.25) is 9.40 Å². The Morgan fingerprint density at radius 2 is 1.60 bits per heavy atom. The zero-order chi connectivity index (χ0) is 18.1. The Hall–Kier alpha value is -1.95. The minimum atomic E-state index is -3.84. The molecule has 11 heteroatoms. The van der Waals surface area contributed by atoms with Crippen LogP contribution < -0.4 is 4.72 Å². The van der Waals surface area contributed by atoms with E-state index in [0.717, 1.165) is 0 Å². The van der Waals surface area contributed by atoms with E-state index in [0.29, 0.717) is 13.2 Å². The molecule has 1 fully saturated rings. The number of anilines is 1. The molecule has 1 aliphatic heterocycles. The van der Waals surface area contributed by atoms with E-state index in [1.165, 1.54) is 39.3 Å². The maximum absolute atomic E-state index is 12.5. The number of hydrogen-bond acceptors (Lipinski definition) is 6. The second kappa shape index (κ2) is 6.75. The van der Waals surface area contributed by atoms with Gasteiger partial charge in [0.1, 0.15) is 0 Å². The van der Waals surface area contributed by atoms with E-state index in [2.05, 4.69) is 9.82 Å².